The molecule has 32 heavy (non-hydrogen) atoms. The van der Waals surface area contributed by atoms with Gasteiger partial charge in [0, 0.05) is 38.1 Å². The minimum atomic E-state index is -0.139. The van der Waals surface area contributed by atoms with Gasteiger partial charge in [-0.1, -0.05) is 72.8 Å². The highest BCUT2D eigenvalue weighted by atomic mass is 19.1. The number of hydrogen-bond acceptors (Lipinski definition) is 2. The van der Waals surface area contributed by atoms with Gasteiger partial charge in [-0.05, 0) is 60.5 Å². The molecule has 0 bridgehead atoms. The summed E-state index contributed by atoms with van der Waals surface area (Å²) in [6, 6.07) is 29.5. The molecule has 0 radical (unpaired) electrons. The van der Waals surface area contributed by atoms with Crippen LogP contribution in [0.4, 0.5) is 4.39 Å². The summed E-state index contributed by atoms with van der Waals surface area (Å²) in [6.07, 6.45) is 3.74. The van der Waals surface area contributed by atoms with Crippen LogP contribution < -0.4 is 0 Å². The van der Waals surface area contributed by atoms with Gasteiger partial charge in [0.2, 0.25) is 0 Å². The van der Waals surface area contributed by atoms with E-state index in [4.69, 9.17) is 0 Å². The maximum absolute atomic E-state index is 13.4. The van der Waals surface area contributed by atoms with Crippen LogP contribution in [0.5, 0.6) is 0 Å². The second-order valence-electron chi connectivity index (χ2n) is 9.37. The smallest absolute Gasteiger partial charge is 0.123 e. The van der Waals surface area contributed by atoms with Crippen LogP contribution in [0.3, 0.4) is 0 Å². The Labute approximate surface area is 191 Å². The molecule has 0 amide bonds. The Morgan fingerprint density at radius 3 is 1.78 bits per heavy atom. The molecular weight excluding hydrogens is 395 g/mol. The van der Waals surface area contributed by atoms with E-state index in [-0.39, 0.29) is 5.82 Å². The molecule has 166 valence electrons. The van der Waals surface area contributed by atoms with E-state index in [1.165, 1.54) is 29.5 Å². The molecular formula is C29H33FN2. The van der Waals surface area contributed by atoms with Crippen LogP contribution in [-0.4, -0.2) is 42.5 Å². The number of nitrogens with zero attached hydrogens (tertiary/aromatic N) is 2. The maximum Gasteiger partial charge on any atom is 0.123 e. The van der Waals surface area contributed by atoms with Crippen molar-refractivity contribution in [3.8, 4) is 0 Å². The molecule has 1 aliphatic carbocycles. The van der Waals surface area contributed by atoms with E-state index in [0.717, 1.165) is 45.1 Å². The zero-order valence-electron chi connectivity index (χ0n) is 18.7. The van der Waals surface area contributed by atoms with Crippen LogP contribution in [0.15, 0.2) is 84.9 Å². The predicted octanol–water partition coefficient (Wildman–Crippen LogP) is 6.12. The van der Waals surface area contributed by atoms with Crippen molar-refractivity contribution in [2.24, 2.45) is 5.92 Å². The van der Waals surface area contributed by atoms with E-state index < -0.39 is 0 Å². The van der Waals surface area contributed by atoms with Gasteiger partial charge < -0.3 is 4.90 Å². The van der Waals surface area contributed by atoms with Gasteiger partial charge >= 0.3 is 0 Å². The molecule has 1 atom stereocenters. The monoisotopic (exact) mass is 428 g/mol. The lowest BCUT2D eigenvalue weighted by Crippen LogP contribution is -2.48. The van der Waals surface area contributed by atoms with Gasteiger partial charge in [0.25, 0.3) is 0 Å². The van der Waals surface area contributed by atoms with E-state index in [9.17, 15) is 4.39 Å². The average molecular weight is 429 g/mol. The SMILES string of the molecule is Fc1ccc(C(C2CC2)N2CCN(CCC(c3ccccc3)c3ccccc3)CC2)cc1. The average Bonchev–Trinajstić information content (AvgIpc) is 3.68. The van der Waals surface area contributed by atoms with Crippen molar-refractivity contribution in [2.45, 2.75) is 31.2 Å². The predicted molar refractivity (Wildman–Crippen MR) is 129 cm³/mol. The van der Waals surface area contributed by atoms with E-state index in [2.05, 4.69) is 70.5 Å². The largest absolute Gasteiger partial charge is 0.301 e. The molecule has 1 aliphatic heterocycles. The van der Waals surface area contributed by atoms with Crippen LogP contribution in [0.1, 0.15) is 47.9 Å². The van der Waals surface area contributed by atoms with Crippen LogP contribution >= 0.6 is 0 Å². The molecule has 2 nitrogen and oxygen atoms in total. The molecule has 0 aromatic heterocycles. The summed E-state index contributed by atoms with van der Waals surface area (Å²) in [7, 11) is 0. The Hall–Kier alpha value is -2.49. The highest BCUT2D eigenvalue weighted by molar-refractivity contribution is 5.32. The first-order valence-electron chi connectivity index (χ1n) is 12.1. The van der Waals surface area contributed by atoms with Crippen molar-refractivity contribution in [3.63, 3.8) is 0 Å². The quantitative estimate of drug-likeness (QED) is 0.427. The normalized spacial score (nSPS) is 18.7. The second-order valence-corrected chi connectivity index (χ2v) is 9.37. The van der Waals surface area contributed by atoms with Gasteiger partial charge in [-0.2, -0.15) is 0 Å². The van der Waals surface area contributed by atoms with Crippen molar-refractivity contribution in [2.75, 3.05) is 32.7 Å². The van der Waals surface area contributed by atoms with Crippen molar-refractivity contribution in [3.05, 3.63) is 107 Å². The van der Waals surface area contributed by atoms with E-state index in [0.29, 0.717) is 12.0 Å². The summed E-state index contributed by atoms with van der Waals surface area (Å²) < 4.78 is 13.4. The molecule has 3 heteroatoms. The minimum Gasteiger partial charge on any atom is -0.301 e. The Morgan fingerprint density at radius 1 is 0.688 bits per heavy atom. The lowest BCUT2D eigenvalue weighted by Gasteiger charge is -2.40. The molecule has 1 unspecified atom stereocenters. The molecule has 1 saturated heterocycles. The Bertz CT molecular complexity index is 922. The Kier molecular flexibility index (Phi) is 6.66. The summed E-state index contributed by atoms with van der Waals surface area (Å²) in [6.45, 7) is 5.54. The number of benzene rings is 3. The third-order valence-corrected chi connectivity index (χ3v) is 7.22. The van der Waals surface area contributed by atoms with Gasteiger partial charge in [-0.25, -0.2) is 4.39 Å². The summed E-state index contributed by atoms with van der Waals surface area (Å²) in [5.74, 6) is 1.04. The summed E-state index contributed by atoms with van der Waals surface area (Å²) >= 11 is 0. The number of rotatable bonds is 8. The highest BCUT2D eigenvalue weighted by Crippen LogP contribution is 2.44. The van der Waals surface area contributed by atoms with Crippen LogP contribution in [0, 0.1) is 11.7 Å². The third-order valence-electron chi connectivity index (χ3n) is 7.22. The topological polar surface area (TPSA) is 6.48 Å². The summed E-state index contributed by atoms with van der Waals surface area (Å²) in [5.41, 5.74) is 4.10. The highest BCUT2D eigenvalue weighted by Gasteiger charge is 2.37. The number of piperazine rings is 1. The van der Waals surface area contributed by atoms with Gasteiger partial charge in [0.05, 0.1) is 0 Å². The van der Waals surface area contributed by atoms with Crippen LogP contribution in [0.25, 0.3) is 0 Å². The maximum atomic E-state index is 13.4. The molecule has 5 rings (SSSR count). The first-order chi connectivity index (χ1) is 15.8. The zero-order valence-corrected chi connectivity index (χ0v) is 18.7. The summed E-state index contributed by atoms with van der Waals surface area (Å²) in [4.78, 5) is 5.28. The molecule has 0 N–H and O–H groups in total. The number of halogens is 1. The fourth-order valence-corrected chi connectivity index (χ4v) is 5.33. The molecule has 3 aromatic rings. The fraction of sp³-hybridized carbons (Fsp3) is 0.379. The van der Waals surface area contributed by atoms with Crippen molar-refractivity contribution < 1.29 is 4.39 Å². The van der Waals surface area contributed by atoms with Crippen LogP contribution in [-0.2, 0) is 0 Å². The molecule has 2 aliphatic rings. The van der Waals surface area contributed by atoms with E-state index in [1.54, 1.807) is 12.1 Å². The van der Waals surface area contributed by atoms with Gasteiger partial charge in [-0.3, -0.25) is 4.90 Å². The second kappa shape index (κ2) is 9.97. The first kappa shape index (κ1) is 21.4. The van der Waals surface area contributed by atoms with Crippen molar-refractivity contribution in [1.82, 2.24) is 9.80 Å². The summed E-state index contributed by atoms with van der Waals surface area (Å²) in [5, 5.41) is 0. The van der Waals surface area contributed by atoms with Crippen molar-refractivity contribution >= 4 is 0 Å². The lowest BCUT2D eigenvalue weighted by atomic mass is 9.88. The molecule has 3 aromatic carbocycles. The molecule has 2 fully saturated rings. The Morgan fingerprint density at radius 2 is 1.25 bits per heavy atom. The molecule has 1 saturated carbocycles. The van der Waals surface area contributed by atoms with Gasteiger partial charge in [-0.15, -0.1) is 0 Å². The van der Waals surface area contributed by atoms with E-state index >= 15 is 0 Å². The van der Waals surface area contributed by atoms with Gasteiger partial charge in [0.1, 0.15) is 5.82 Å². The lowest BCUT2D eigenvalue weighted by molar-refractivity contribution is 0.0851. The minimum absolute atomic E-state index is 0.139. The van der Waals surface area contributed by atoms with Crippen LogP contribution in [0.2, 0.25) is 0 Å². The van der Waals surface area contributed by atoms with Gasteiger partial charge in [0.15, 0.2) is 0 Å². The zero-order chi connectivity index (χ0) is 21.8. The first-order valence-corrected chi connectivity index (χ1v) is 12.1. The number of hydrogen-bond donors (Lipinski definition) is 0. The van der Waals surface area contributed by atoms with E-state index in [1.807, 2.05) is 12.1 Å². The standard InChI is InChI=1S/C29H33FN2/c30-27-15-13-26(14-16-27)29(25-11-12-25)32-21-19-31(20-22-32)18-17-28(23-7-3-1-4-8-23)24-9-5-2-6-10-24/h1-10,13-16,25,28-29H,11-12,17-22H2. The third kappa shape index (κ3) is 5.11. The van der Waals surface area contributed by atoms with Crippen molar-refractivity contribution in [1.29, 1.82) is 0 Å². The Balaban J connectivity index is 1.21. The molecule has 1 heterocycles. The fourth-order valence-electron chi connectivity index (χ4n) is 5.33. The molecule has 0 spiro atoms.